The maximum atomic E-state index is 12.0. The molecule has 0 unspecified atom stereocenters. The van der Waals surface area contributed by atoms with Crippen molar-refractivity contribution < 1.29 is 23.9 Å². The number of fused-ring (bicyclic) bond motifs is 1. The first kappa shape index (κ1) is 18.3. The molecule has 0 aliphatic carbocycles. The zero-order valence-electron chi connectivity index (χ0n) is 14.7. The third-order valence-electron chi connectivity index (χ3n) is 4.21. The molecule has 7 nitrogen and oxygen atoms in total. The maximum Gasteiger partial charge on any atom is 0.326 e. The molecule has 0 saturated heterocycles. The molecule has 1 aliphatic rings. The SMILES string of the molecule is C[C@@H](NC(=O)COC(=O)CN1C(=O)C(=O)c2ccccc21)c1ccccc1. The molecule has 0 bridgehead atoms. The van der Waals surface area contributed by atoms with Crippen LogP contribution in [-0.2, 0) is 19.1 Å². The summed E-state index contributed by atoms with van der Waals surface area (Å²) in [5.74, 6) is -2.66. The number of Topliss-reactive ketones (excluding diaryl/α,β-unsaturated/α-hetero) is 1. The number of amides is 2. The Morgan fingerprint density at radius 2 is 1.70 bits per heavy atom. The van der Waals surface area contributed by atoms with Crippen LogP contribution >= 0.6 is 0 Å². The normalized spacial score (nSPS) is 13.9. The first-order valence-electron chi connectivity index (χ1n) is 8.42. The third-order valence-corrected chi connectivity index (χ3v) is 4.21. The van der Waals surface area contributed by atoms with Crippen LogP contribution in [0.1, 0.15) is 28.9 Å². The minimum absolute atomic E-state index is 0.234. The summed E-state index contributed by atoms with van der Waals surface area (Å²) >= 11 is 0. The zero-order chi connectivity index (χ0) is 19.4. The second kappa shape index (κ2) is 7.82. The first-order chi connectivity index (χ1) is 13.0. The number of carbonyl (C=O) groups excluding carboxylic acids is 4. The smallest absolute Gasteiger partial charge is 0.326 e. The number of nitrogens with one attached hydrogen (secondary N) is 1. The lowest BCUT2D eigenvalue weighted by atomic mass is 10.1. The van der Waals surface area contributed by atoms with Crippen molar-refractivity contribution in [3.05, 3.63) is 65.7 Å². The molecular weight excluding hydrogens is 348 g/mol. The number of esters is 1. The molecule has 0 spiro atoms. The van der Waals surface area contributed by atoms with E-state index in [1.54, 1.807) is 18.2 Å². The van der Waals surface area contributed by atoms with Gasteiger partial charge in [-0.2, -0.15) is 0 Å². The Hall–Kier alpha value is -3.48. The standard InChI is InChI=1S/C20H18N2O5/c1-13(14-7-3-2-4-8-14)21-17(23)12-27-18(24)11-22-16-10-6-5-9-15(16)19(25)20(22)26/h2-10,13H,11-12H2,1H3,(H,21,23)/t13-/m1/s1. The van der Waals surface area contributed by atoms with E-state index in [4.69, 9.17) is 4.74 Å². The maximum absolute atomic E-state index is 12.0. The number of para-hydroxylation sites is 1. The van der Waals surface area contributed by atoms with Crippen molar-refractivity contribution in [1.29, 1.82) is 0 Å². The van der Waals surface area contributed by atoms with Gasteiger partial charge >= 0.3 is 5.97 Å². The van der Waals surface area contributed by atoms with Gasteiger partial charge in [-0.05, 0) is 24.6 Å². The number of ketones is 1. The lowest BCUT2D eigenvalue weighted by Crippen LogP contribution is -2.37. The monoisotopic (exact) mass is 366 g/mol. The van der Waals surface area contributed by atoms with E-state index in [9.17, 15) is 19.2 Å². The fourth-order valence-corrected chi connectivity index (χ4v) is 2.83. The number of hydrogen-bond donors (Lipinski definition) is 1. The molecule has 2 aromatic carbocycles. The summed E-state index contributed by atoms with van der Waals surface area (Å²) in [6.07, 6.45) is 0. The van der Waals surface area contributed by atoms with Crippen LogP contribution in [0.5, 0.6) is 0 Å². The summed E-state index contributed by atoms with van der Waals surface area (Å²) in [4.78, 5) is 49.0. The van der Waals surface area contributed by atoms with Gasteiger partial charge in [0.2, 0.25) is 0 Å². The Morgan fingerprint density at radius 1 is 1.04 bits per heavy atom. The van der Waals surface area contributed by atoms with E-state index in [0.29, 0.717) is 5.69 Å². The average Bonchev–Trinajstić information content (AvgIpc) is 2.92. The average molecular weight is 366 g/mol. The van der Waals surface area contributed by atoms with Crippen LogP contribution in [0.4, 0.5) is 5.69 Å². The van der Waals surface area contributed by atoms with Crippen molar-refractivity contribution >= 4 is 29.3 Å². The van der Waals surface area contributed by atoms with Crippen LogP contribution < -0.4 is 10.2 Å². The van der Waals surface area contributed by atoms with Crippen molar-refractivity contribution in [3.63, 3.8) is 0 Å². The predicted molar refractivity (Wildman–Crippen MR) is 97.1 cm³/mol. The van der Waals surface area contributed by atoms with E-state index < -0.39 is 36.7 Å². The van der Waals surface area contributed by atoms with Gasteiger partial charge in [0.25, 0.3) is 17.6 Å². The summed E-state index contributed by atoms with van der Waals surface area (Å²) in [6, 6.07) is 15.6. The highest BCUT2D eigenvalue weighted by Crippen LogP contribution is 2.28. The van der Waals surface area contributed by atoms with E-state index in [1.165, 1.54) is 6.07 Å². The molecule has 2 amide bonds. The highest BCUT2D eigenvalue weighted by Gasteiger charge is 2.36. The number of hydrogen-bond acceptors (Lipinski definition) is 5. The van der Waals surface area contributed by atoms with Gasteiger partial charge in [0.1, 0.15) is 6.54 Å². The van der Waals surface area contributed by atoms with Gasteiger partial charge in [-0.3, -0.25) is 24.1 Å². The number of nitrogens with zero attached hydrogens (tertiary/aromatic N) is 1. The zero-order valence-corrected chi connectivity index (χ0v) is 14.7. The van der Waals surface area contributed by atoms with E-state index in [2.05, 4.69) is 5.32 Å². The number of carbonyl (C=O) groups is 4. The molecule has 0 fully saturated rings. The minimum Gasteiger partial charge on any atom is -0.454 e. The molecular formula is C20H18N2O5. The molecule has 1 atom stereocenters. The van der Waals surface area contributed by atoms with Crippen molar-refractivity contribution in [2.24, 2.45) is 0 Å². The molecule has 1 N–H and O–H groups in total. The molecule has 0 saturated carbocycles. The van der Waals surface area contributed by atoms with Crippen molar-refractivity contribution in [2.45, 2.75) is 13.0 Å². The fourth-order valence-electron chi connectivity index (χ4n) is 2.83. The van der Waals surface area contributed by atoms with Crippen molar-refractivity contribution in [2.75, 3.05) is 18.1 Å². The van der Waals surface area contributed by atoms with Crippen LogP contribution in [-0.4, -0.2) is 36.7 Å². The van der Waals surface area contributed by atoms with Gasteiger partial charge in [0, 0.05) is 0 Å². The summed E-state index contributed by atoms with van der Waals surface area (Å²) < 4.78 is 4.94. The molecule has 138 valence electrons. The molecule has 27 heavy (non-hydrogen) atoms. The highest BCUT2D eigenvalue weighted by molar-refractivity contribution is 6.52. The Morgan fingerprint density at radius 3 is 2.44 bits per heavy atom. The lowest BCUT2D eigenvalue weighted by molar-refractivity contribution is -0.147. The highest BCUT2D eigenvalue weighted by atomic mass is 16.5. The van der Waals surface area contributed by atoms with Gasteiger partial charge in [-0.25, -0.2) is 0 Å². The van der Waals surface area contributed by atoms with Gasteiger partial charge in [0.15, 0.2) is 6.61 Å². The second-order valence-corrected chi connectivity index (χ2v) is 6.10. The second-order valence-electron chi connectivity index (χ2n) is 6.10. The number of ether oxygens (including phenoxy) is 1. The van der Waals surface area contributed by atoms with Gasteiger partial charge in [-0.15, -0.1) is 0 Å². The van der Waals surface area contributed by atoms with E-state index in [0.717, 1.165) is 10.5 Å². The molecule has 7 heteroatoms. The van der Waals surface area contributed by atoms with Gasteiger partial charge in [0.05, 0.1) is 17.3 Å². The Bertz CT molecular complexity index is 894. The molecule has 2 aromatic rings. The largest absolute Gasteiger partial charge is 0.454 e. The summed E-state index contributed by atoms with van der Waals surface area (Å²) in [6.45, 7) is 0.928. The van der Waals surface area contributed by atoms with Crippen LogP contribution in [0.25, 0.3) is 0 Å². The fraction of sp³-hybridized carbons (Fsp3) is 0.200. The topological polar surface area (TPSA) is 92.8 Å². The number of rotatable bonds is 6. The number of anilines is 1. The molecule has 0 radical (unpaired) electrons. The van der Waals surface area contributed by atoms with Crippen molar-refractivity contribution in [3.8, 4) is 0 Å². The predicted octanol–water partition coefficient (Wildman–Crippen LogP) is 1.64. The molecule has 1 aliphatic heterocycles. The Kier molecular flexibility index (Phi) is 5.30. The van der Waals surface area contributed by atoms with Crippen LogP contribution in [0.2, 0.25) is 0 Å². The van der Waals surface area contributed by atoms with Crippen molar-refractivity contribution in [1.82, 2.24) is 5.32 Å². The van der Waals surface area contributed by atoms with Gasteiger partial charge in [-0.1, -0.05) is 42.5 Å². The number of benzene rings is 2. The lowest BCUT2D eigenvalue weighted by Gasteiger charge is -2.16. The summed E-state index contributed by atoms with van der Waals surface area (Å²) in [7, 11) is 0. The molecule has 3 rings (SSSR count). The van der Waals surface area contributed by atoms with Gasteiger partial charge < -0.3 is 10.1 Å². The molecule has 0 aromatic heterocycles. The third kappa shape index (κ3) is 4.03. The van der Waals surface area contributed by atoms with E-state index in [-0.39, 0.29) is 11.6 Å². The molecule has 1 heterocycles. The summed E-state index contributed by atoms with van der Waals surface area (Å²) in [5, 5.41) is 2.73. The quantitative estimate of drug-likeness (QED) is 0.620. The Balaban J connectivity index is 1.52. The van der Waals surface area contributed by atoms with E-state index in [1.807, 2.05) is 37.3 Å². The summed E-state index contributed by atoms with van der Waals surface area (Å²) in [5.41, 5.74) is 1.55. The van der Waals surface area contributed by atoms with E-state index >= 15 is 0 Å². The van der Waals surface area contributed by atoms with Crippen LogP contribution in [0.3, 0.4) is 0 Å². The Labute approximate surface area is 155 Å². The first-order valence-corrected chi connectivity index (χ1v) is 8.42. The minimum atomic E-state index is -0.782. The van der Waals surface area contributed by atoms with Crippen LogP contribution in [0.15, 0.2) is 54.6 Å². The van der Waals surface area contributed by atoms with Crippen LogP contribution in [0, 0.1) is 0 Å².